The first-order valence-electron chi connectivity index (χ1n) is 10.7. The van der Waals surface area contributed by atoms with Gasteiger partial charge in [0.05, 0.1) is 12.7 Å². The number of benzene rings is 1. The third kappa shape index (κ3) is 6.73. The molecule has 5 nitrogen and oxygen atoms in total. The van der Waals surface area contributed by atoms with E-state index in [1.54, 1.807) is 0 Å². The Hall–Kier alpha value is -1.75. The van der Waals surface area contributed by atoms with Crippen LogP contribution >= 0.6 is 0 Å². The Kier molecular flexibility index (Phi) is 8.28. The summed E-state index contributed by atoms with van der Waals surface area (Å²) >= 11 is 0. The molecule has 0 bridgehead atoms. The van der Waals surface area contributed by atoms with E-state index in [1.165, 1.54) is 50.6 Å². The zero-order valence-corrected chi connectivity index (χ0v) is 16.8. The number of guanidine groups is 1. The van der Waals surface area contributed by atoms with Gasteiger partial charge in [0, 0.05) is 38.9 Å². The van der Waals surface area contributed by atoms with Gasteiger partial charge in [0.2, 0.25) is 0 Å². The summed E-state index contributed by atoms with van der Waals surface area (Å²) in [6.45, 7) is 4.79. The number of rotatable bonds is 7. The number of anilines is 1. The Labute approximate surface area is 164 Å². The molecular weight excluding hydrogens is 336 g/mol. The average molecular weight is 373 g/mol. The van der Waals surface area contributed by atoms with Crippen molar-refractivity contribution < 1.29 is 4.74 Å². The van der Waals surface area contributed by atoms with E-state index < -0.39 is 0 Å². The van der Waals surface area contributed by atoms with E-state index in [1.807, 2.05) is 7.05 Å². The van der Waals surface area contributed by atoms with E-state index in [2.05, 4.69) is 50.9 Å². The summed E-state index contributed by atoms with van der Waals surface area (Å²) in [6, 6.07) is 10.7. The summed E-state index contributed by atoms with van der Waals surface area (Å²) in [5, 5.41) is 6.88. The Morgan fingerprint density at radius 1 is 1.07 bits per heavy atom. The molecule has 1 saturated carbocycles. The van der Waals surface area contributed by atoms with Crippen LogP contribution in [0.5, 0.6) is 0 Å². The van der Waals surface area contributed by atoms with Crippen molar-refractivity contribution in [1.82, 2.24) is 10.6 Å². The minimum atomic E-state index is 0.465. The molecule has 2 N–H and O–H groups in total. The highest BCUT2D eigenvalue weighted by Crippen LogP contribution is 2.23. The molecule has 0 aromatic heterocycles. The SMILES string of the molecule is CN=C(NCCOC1CCCCCC1)NCC1CCN(c2ccccc2)C1. The van der Waals surface area contributed by atoms with Crippen molar-refractivity contribution in [1.29, 1.82) is 0 Å². The van der Waals surface area contributed by atoms with Crippen molar-refractivity contribution in [2.45, 2.75) is 51.0 Å². The molecule has 1 aliphatic carbocycles. The molecule has 3 rings (SSSR count). The number of aliphatic imine (C=N–C) groups is 1. The Bertz CT molecular complexity index is 555. The van der Waals surface area contributed by atoms with E-state index >= 15 is 0 Å². The van der Waals surface area contributed by atoms with E-state index in [0.717, 1.165) is 38.7 Å². The van der Waals surface area contributed by atoms with Gasteiger partial charge in [-0.2, -0.15) is 0 Å². The maximum absolute atomic E-state index is 6.05. The Balaban J connectivity index is 1.30. The lowest BCUT2D eigenvalue weighted by Gasteiger charge is -2.20. The molecule has 1 unspecified atom stereocenters. The van der Waals surface area contributed by atoms with Crippen molar-refractivity contribution >= 4 is 11.6 Å². The normalized spacial score (nSPS) is 21.9. The molecule has 5 heteroatoms. The number of para-hydroxylation sites is 1. The highest BCUT2D eigenvalue weighted by molar-refractivity contribution is 5.79. The molecule has 1 aromatic rings. The molecule has 2 aliphatic rings. The van der Waals surface area contributed by atoms with Crippen LogP contribution in [0.15, 0.2) is 35.3 Å². The van der Waals surface area contributed by atoms with Crippen molar-refractivity contribution in [2.75, 3.05) is 44.7 Å². The van der Waals surface area contributed by atoms with Crippen LogP contribution in [0, 0.1) is 5.92 Å². The van der Waals surface area contributed by atoms with E-state index in [-0.39, 0.29) is 0 Å². The van der Waals surface area contributed by atoms with Gasteiger partial charge in [-0.25, -0.2) is 0 Å². The van der Waals surface area contributed by atoms with Crippen LogP contribution in [-0.4, -0.2) is 51.9 Å². The molecule has 0 radical (unpaired) electrons. The predicted molar refractivity (Wildman–Crippen MR) is 114 cm³/mol. The van der Waals surface area contributed by atoms with Gasteiger partial charge in [-0.3, -0.25) is 4.99 Å². The maximum Gasteiger partial charge on any atom is 0.191 e. The zero-order chi connectivity index (χ0) is 18.7. The van der Waals surface area contributed by atoms with E-state index in [4.69, 9.17) is 4.74 Å². The minimum Gasteiger partial charge on any atom is -0.376 e. The van der Waals surface area contributed by atoms with Crippen LogP contribution in [0.4, 0.5) is 5.69 Å². The first-order valence-corrected chi connectivity index (χ1v) is 10.7. The summed E-state index contributed by atoms with van der Waals surface area (Å²) in [5.74, 6) is 1.55. The monoisotopic (exact) mass is 372 g/mol. The van der Waals surface area contributed by atoms with E-state index in [9.17, 15) is 0 Å². The van der Waals surface area contributed by atoms with Gasteiger partial charge >= 0.3 is 0 Å². The fourth-order valence-electron chi connectivity index (χ4n) is 4.14. The smallest absolute Gasteiger partial charge is 0.191 e. The fraction of sp³-hybridized carbons (Fsp3) is 0.682. The first kappa shape index (κ1) is 20.0. The van der Waals surface area contributed by atoms with Gasteiger partial charge in [0.15, 0.2) is 5.96 Å². The molecule has 1 saturated heterocycles. The van der Waals surface area contributed by atoms with Crippen LogP contribution in [-0.2, 0) is 4.74 Å². The fourth-order valence-corrected chi connectivity index (χ4v) is 4.14. The maximum atomic E-state index is 6.05. The van der Waals surface area contributed by atoms with Gasteiger partial charge in [-0.15, -0.1) is 0 Å². The second-order valence-corrected chi connectivity index (χ2v) is 7.80. The Morgan fingerprint density at radius 2 is 1.85 bits per heavy atom. The van der Waals surface area contributed by atoms with Gasteiger partial charge in [0.25, 0.3) is 0 Å². The third-order valence-corrected chi connectivity index (χ3v) is 5.74. The molecule has 1 aliphatic heterocycles. The molecule has 0 amide bonds. The average Bonchev–Trinajstić information content (AvgIpc) is 3.04. The van der Waals surface area contributed by atoms with Crippen LogP contribution in [0.1, 0.15) is 44.9 Å². The summed E-state index contributed by atoms with van der Waals surface area (Å²) in [6.07, 6.45) is 9.54. The number of hydrogen-bond acceptors (Lipinski definition) is 3. The molecule has 1 atom stereocenters. The molecule has 150 valence electrons. The third-order valence-electron chi connectivity index (χ3n) is 5.74. The van der Waals surface area contributed by atoms with Crippen molar-refractivity contribution in [3.05, 3.63) is 30.3 Å². The Morgan fingerprint density at radius 3 is 2.59 bits per heavy atom. The summed E-state index contributed by atoms with van der Waals surface area (Å²) in [5.41, 5.74) is 1.33. The summed E-state index contributed by atoms with van der Waals surface area (Å²) < 4.78 is 6.05. The molecule has 2 fully saturated rings. The second-order valence-electron chi connectivity index (χ2n) is 7.80. The quantitative estimate of drug-likeness (QED) is 0.333. The number of nitrogens with zero attached hydrogens (tertiary/aromatic N) is 2. The first-order chi connectivity index (χ1) is 13.3. The second kappa shape index (κ2) is 11.2. The van der Waals surface area contributed by atoms with Gasteiger partial charge in [0.1, 0.15) is 0 Å². The van der Waals surface area contributed by atoms with Gasteiger partial charge < -0.3 is 20.3 Å². The van der Waals surface area contributed by atoms with Crippen molar-refractivity contribution in [2.24, 2.45) is 10.9 Å². The number of nitrogens with one attached hydrogen (secondary N) is 2. The zero-order valence-electron chi connectivity index (χ0n) is 16.8. The van der Waals surface area contributed by atoms with E-state index in [0.29, 0.717) is 12.0 Å². The van der Waals surface area contributed by atoms with Crippen molar-refractivity contribution in [3.8, 4) is 0 Å². The lowest BCUT2D eigenvalue weighted by atomic mass is 10.1. The minimum absolute atomic E-state index is 0.465. The molecule has 1 aromatic carbocycles. The summed E-state index contributed by atoms with van der Waals surface area (Å²) in [7, 11) is 1.84. The lowest BCUT2D eigenvalue weighted by Crippen LogP contribution is -2.41. The van der Waals surface area contributed by atoms with Crippen LogP contribution in [0.2, 0.25) is 0 Å². The van der Waals surface area contributed by atoms with Crippen LogP contribution < -0.4 is 15.5 Å². The molecular formula is C22H36N4O. The summed E-state index contributed by atoms with van der Waals surface area (Å²) in [4.78, 5) is 6.83. The van der Waals surface area contributed by atoms with Gasteiger partial charge in [-0.1, -0.05) is 43.9 Å². The van der Waals surface area contributed by atoms with Crippen LogP contribution in [0.3, 0.4) is 0 Å². The number of hydrogen-bond donors (Lipinski definition) is 2. The lowest BCUT2D eigenvalue weighted by molar-refractivity contribution is 0.0468. The number of ether oxygens (including phenoxy) is 1. The topological polar surface area (TPSA) is 48.9 Å². The molecule has 1 heterocycles. The molecule has 0 spiro atoms. The standard InChI is InChI=1S/C22H36N4O/c1-23-22(24-14-16-27-21-11-7-2-3-8-12-21)25-17-19-13-15-26(18-19)20-9-5-4-6-10-20/h4-6,9-10,19,21H,2-3,7-8,11-18H2,1H3,(H2,23,24,25). The molecule has 27 heavy (non-hydrogen) atoms. The van der Waals surface area contributed by atoms with Crippen LogP contribution in [0.25, 0.3) is 0 Å². The van der Waals surface area contributed by atoms with Crippen molar-refractivity contribution in [3.63, 3.8) is 0 Å². The highest BCUT2D eigenvalue weighted by Gasteiger charge is 2.22. The highest BCUT2D eigenvalue weighted by atomic mass is 16.5. The predicted octanol–water partition coefficient (Wildman–Crippen LogP) is 3.42. The largest absolute Gasteiger partial charge is 0.376 e. The van der Waals surface area contributed by atoms with Gasteiger partial charge in [-0.05, 0) is 37.3 Å².